The fourth-order valence-corrected chi connectivity index (χ4v) is 3.55. The molecule has 0 saturated heterocycles. The quantitative estimate of drug-likeness (QED) is 0.397. The zero-order valence-electron chi connectivity index (χ0n) is 17.2. The first-order valence-electron chi connectivity index (χ1n) is 9.28. The van der Waals surface area contributed by atoms with Crippen LogP contribution in [0.2, 0.25) is 18.1 Å². The molecule has 0 spiro atoms. The van der Waals surface area contributed by atoms with Gasteiger partial charge in [0.25, 0.3) is 0 Å². The number of rotatable bonds is 5. The highest BCUT2D eigenvalue weighted by molar-refractivity contribution is 6.74. The summed E-state index contributed by atoms with van der Waals surface area (Å²) in [5.41, 5.74) is 2.27. The first-order chi connectivity index (χ1) is 13.1. The van der Waals surface area contributed by atoms with Gasteiger partial charge in [-0.2, -0.15) is 0 Å². The zero-order valence-corrected chi connectivity index (χ0v) is 18.2. The van der Waals surface area contributed by atoms with Crippen molar-refractivity contribution in [1.82, 2.24) is 9.97 Å². The van der Waals surface area contributed by atoms with Crippen molar-refractivity contribution >= 4 is 25.5 Å². The van der Waals surface area contributed by atoms with Crippen LogP contribution < -0.4 is 9.16 Å². The Morgan fingerprint density at radius 2 is 1.71 bits per heavy atom. The Balaban J connectivity index is 1.98. The molecule has 0 N–H and O–H groups in total. The third-order valence-corrected chi connectivity index (χ3v) is 9.70. The molecule has 2 aromatic carbocycles. The molecule has 0 amide bonds. The van der Waals surface area contributed by atoms with E-state index in [1.54, 1.807) is 6.07 Å². The predicted octanol–water partition coefficient (Wildman–Crippen LogP) is 5.93. The molecule has 3 rings (SSSR count). The van der Waals surface area contributed by atoms with Gasteiger partial charge in [0.15, 0.2) is 0 Å². The number of aryl methyl sites for hydroxylation is 1. The maximum Gasteiger partial charge on any atom is 0.250 e. The maximum absolute atomic E-state index is 11.2. The molecule has 1 heterocycles. The van der Waals surface area contributed by atoms with E-state index < -0.39 is 8.32 Å². The number of carbonyl (C=O) groups is 1. The second-order valence-electron chi connectivity index (χ2n) is 8.46. The summed E-state index contributed by atoms with van der Waals surface area (Å²) in [6, 6.07) is 11.2. The Labute approximate surface area is 166 Å². The van der Waals surface area contributed by atoms with Crippen LogP contribution in [0.25, 0.3) is 10.9 Å². The van der Waals surface area contributed by atoms with Gasteiger partial charge >= 0.3 is 0 Å². The summed E-state index contributed by atoms with van der Waals surface area (Å²) in [5.74, 6) is 1.78. The summed E-state index contributed by atoms with van der Waals surface area (Å²) in [6.45, 7) is 12.9. The van der Waals surface area contributed by atoms with Crippen molar-refractivity contribution in [2.24, 2.45) is 0 Å². The normalized spacial score (nSPS) is 12.1. The molecule has 28 heavy (non-hydrogen) atoms. The van der Waals surface area contributed by atoms with Crippen molar-refractivity contribution in [3.05, 3.63) is 53.9 Å². The van der Waals surface area contributed by atoms with Crippen molar-refractivity contribution in [3.8, 4) is 17.4 Å². The number of nitrogens with zero attached hydrogens (tertiary/aromatic N) is 2. The maximum atomic E-state index is 11.2. The van der Waals surface area contributed by atoms with Crippen LogP contribution in [0.5, 0.6) is 17.4 Å². The Morgan fingerprint density at radius 3 is 2.39 bits per heavy atom. The van der Waals surface area contributed by atoms with Crippen molar-refractivity contribution in [2.45, 2.75) is 45.8 Å². The fourth-order valence-electron chi connectivity index (χ4n) is 2.53. The molecular formula is C22H26N2O3Si. The smallest absolute Gasteiger partial charge is 0.250 e. The largest absolute Gasteiger partial charge is 0.543 e. The van der Waals surface area contributed by atoms with Crippen molar-refractivity contribution < 1.29 is 14.0 Å². The predicted molar refractivity (Wildman–Crippen MR) is 114 cm³/mol. The monoisotopic (exact) mass is 394 g/mol. The van der Waals surface area contributed by atoms with E-state index in [-0.39, 0.29) is 5.04 Å². The number of hydrogen-bond donors (Lipinski definition) is 0. The highest BCUT2D eigenvalue weighted by atomic mass is 28.4. The summed E-state index contributed by atoms with van der Waals surface area (Å²) in [5, 5.41) is 0.869. The molecule has 0 unspecified atom stereocenters. The molecule has 0 fully saturated rings. The summed E-state index contributed by atoms with van der Waals surface area (Å²) < 4.78 is 12.4. The number of aromatic nitrogens is 2. The number of benzene rings is 2. The van der Waals surface area contributed by atoms with Crippen LogP contribution in [0.15, 0.2) is 42.7 Å². The zero-order chi connectivity index (χ0) is 20.5. The molecular weight excluding hydrogens is 368 g/mol. The third-order valence-electron chi connectivity index (χ3n) is 5.34. The Morgan fingerprint density at radius 1 is 1.00 bits per heavy atom. The van der Waals surface area contributed by atoms with E-state index in [0.29, 0.717) is 17.2 Å². The molecule has 0 aliphatic heterocycles. The standard InChI is InChI=1S/C22H26N2O3Si/c1-15-7-8-17(11-16(15)13-25)26-21-19-12-18(9-10-20(19)23-14-24-21)27-28(5,6)22(2,3)4/h7-14H,1-6H3. The van der Waals surface area contributed by atoms with E-state index in [4.69, 9.17) is 9.16 Å². The molecule has 0 bridgehead atoms. The lowest BCUT2D eigenvalue weighted by Crippen LogP contribution is -2.43. The van der Waals surface area contributed by atoms with Gasteiger partial charge in [-0.25, -0.2) is 9.97 Å². The molecule has 0 radical (unpaired) electrons. The molecule has 6 heteroatoms. The van der Waals surface area contributed by atoms with Gasteiger partial charge in [0.2, 0.25) is 14.2 Å². The summed E-state index contributed by atoms with van der Waals surface area (Å²) in [6.07, 6.45) is 2.30. The molecule has 0 aliphatic rings. The van der Waals surface area contributed by atoms with Crippen LogP contribution in [-0.2, 0) is 0 Å². The molecule has 0 aliphatic carbocycles. The fraction of sp³-hybridized carbons (Fsp3) is 0.318. The molecule has 146 valence electrons. The Hall–Kier alpha value is -2.73. The second-order valence-corrected chi connectivity index (χ2v) is 13.2. The first-order valence-corrected chi connectivity index (χ1v) is 12.2. The van der Waals surface area contributed by atoms with Gasteiger partial charge in [-0.05, 0) is 61.0 Å². The van der Waals surface area contributed by atoms with Gasteiger partial charge in [-0.15, -0.1) is 0 Å². The van der Waals surface area contributed by atoms with Crippen molar-refractivity contribution in [2.75, 3.05) is 0 Å². The Bertz CT molecular complexity index is 1030. The lowest BCUT2D eigenvalue weighted by Gasteiger charge is -2.36. The molecule has 1 aromatic heterocycles. The van der Waals surface area contributed by atoms with E-state index in [0.717, 1.165) is 28.5 Å². The second kappa shape index (κ2) is 7.35. The van der Waals surface area contributed by atoms with Crippen LogP contribution in [0.3, 0.4) is 0 Å². The van der Waals surface area contributed by atoms with Gasteiger partial charge in [0, 0.05) is 5.56 Å². The topological polar surface area (TPSA) is 61.3 Å². The summed E-state index contributed by atoms with van der Waals surface area (Å²) in [4.78, 5) is 19.8. The number of ether oxygens (including phenoxy) is 1. The van der Waals surface area contributed by atoms with Gasteiger partial charge in [0.05, 0.1) is 10.9 Å². The van der Waals surface area contributed by atoms with Crippen molar-refractivity contribution in [3.63, 3.8) is 0 Å². The van der Waals surface area contributed by atoms with Gasteiger partial charge in [0.1, 0.15) is 24.1 Å². The molecule has 0 atom stereocenters. The molecule has 3 aromatic rings. The summed E-state index contributed by atoms with van der Waals surface area (Å²) in [7, 11) is -1.96. The van der Waals surface area contributed by atoms with Crippen LogP contribution in [-0.4, -0.2) is 24.6 Å². The Kier molecular flexibility index (Phi) is 5.26. The van der Waals surface area contributed by atoms with Crippen LogP contribution in [0.1, 0.15) is 36.7 Å². The number of fused-ring (bicyclic) bond motifs is 1. The van der Waals surface area contributed by atoms with E-state index >= 15 is 0 Å². The van der Waals surface area contributed by atoms with Crippen molar-refractivity contribution in [1.29, 1.82) is 0 Å². The third kappa shape index (κ3) is 4.07. The van der Waals surface area contributed by atoms with E-state index in [1.165, 1.54) is 6.33 Å². The summed E-state index contributed by atoms with van der Waals surface area (Å²) >= 11 is 0. The van der Waals surface area contributed by atoms with Crippen LogP contribution in [0.4, 0.5) is 0 Å². The lowest BCUT2D eigenvalue weighted by atomic mass is 10.1. The first kappa shape index (κ1) is 20.0. The van der Waals surface area contributed by atoms with E-state index in [2.05, 4.69) is 43.8 Å². The van der Waals surface area contributed by atoms with Crippen LogP contribution >= 0.6 is 0 Å². The lowest BCUT2D eigenvalue weighted by molar-refractivity contribution is 0.112. The average Bonchev–Trinajstić information content (AvgIpc) is 2.62. The highest BCUT2D eigenvalue weighted by Gasteiger charge is 2.39. The van der Waals surface area contributed by atoms with Crippen LogP contribution in [0, 0.1) is 6.92 Å². The van der Waals surface area contributed by atoms with E-state index in [9.17, 15) is 4.79 Å². The van der Waals surface area contributed by atoms with Gasteiger partial charge in [-0.1, -0.05) is 26.8 Å². The SMILES string of the molecule is Cc1ccc(Oc2ncnc3ccc(O[Si](C)(C)C(C)(C)C)cc23)cc1C=O. The molecule has 0 saturated carbocycles. The molecule has 5 nitrogen and oxygen atoms in total. The minimum absolute atomic E-state index is 0.0988. The minimum atomic E-state index is -1.96. The minimum Gasteiger partial charge on any atom is -0.543 e. The highest BCUT2D eigenvalue weighted by Crippen LogP contribution is 2.38. The van der Waals surface area contributed by atoms with Gasteiger partial charge in [-0.3, -0.25) is 4.79 Å². The average molecular weight is 395 g/mol. The van der Waals surface area contributed by atoms with Gasteiger partial charge < -0.3 is 9.16 Å². The number of carbonyl (C=O) groups excluding carboxylic acids is 1. The number of hydrogen-bond acceptors (Lipinski definition) is 5. The number of aldehydes is 1. The van der Waals surface area contributed by atoms with E-state index in [1.807, 2.05) is 37.3 Å².